The first-order chi connectivity index (χ1) is 7.93. The summed E-state index contributed by atoms with van der Waals surface area (Å²) in [5.74, 6) is -0.980. The van der Waals surface area contributed by atoms with E-state index in [1.54, 1.807) is 6.92 Å². The fraction of sp³-hybridized carbons (Fsp3) is 0.833. The van der Waals surface area contributed by atoms with Crippen LogP contribution < -0.4 is 5.32 Å². The van der Waals surface area contributed by atoms with E-state index in [1.807, 2.05) is 4.90 Å². The molecule has 0 aromatic carbocycles. The van der Waals surface area contributed by atoms with Crippen molar-refractivity contribution < 1.29 is 14.7 Å². The fourth-order valence-electron chi connectivity index (χ4n) is 2.17. The molecule has 0 spiro atoms. The quantitative estimate of drug-likeness (QED) is 0.785. The van der Waals surface area contributed by atoms with Crippen molar-refractivity contribution in [1.82, 2.24) is 10.2 Å². The van der Waals surface area contributed by atoms with Crippen molar-refractivity contribution in [2.45, 2.75) is 39.7 Å². The molecule has 2 amide bonds. The second-order valence-electron chi connectivity index (χ2n) is 5.07. The molecule has 98 valence electrons. The third-order valence-electron chi connectivity index (χ3n) is 3.31. The lowest BCUT2D eigenvalue weighted by atomic mass is 10.0. The highest BCUT2D eigenvalue weighted by Crippen LogP contribution is 2.23. The standard InChI is InChI=1S/C12H22N2O3/c1-8(2)10-5-4-6-14(10)12(17)13-7-9(3)11(15)16/h8-10H,4-7H2,1-3H3,(H,13,17)(H,15,16). The largest absolute Gasteiger partial charge is 0.481 e. The number of amides is 2. The first-order valence-electron chi connectivity index (χ1n) is 6.20. The minimum atomic E-state index is -0.882. The van der Waals surface area contributed by atoms with Crippen molar-refractivity contribution in [1.29, 1.82) is 0 Å². The molecule has 1 saturated heterocycles. The van der Waals surface area contributed by atoms with Gasteiger partial charge in [-0.3, -0.25) is 4.79 Å². The van der Waals surface area contributed by atoms with E-state index in [-0.39, 0.29) is 18.6 Å². The summed E-state index contributed by atoms with van der Waals surface area (Å²) in [6.45, 7) is 6.77. The van der Waals surface area contributed by atoms with Gasteiger partial charge < -0.3 is 15.3 Å². The monoisotopic (exact) mass is 242 g/mol. The van der Waals surface area contributed by atoms with Gasteiger partial charge in [-0.05, 0) is 18.8 Å². The Morgan fingerprint density at radius 1 is 1.41 bits per heavy atom. The SMILES string of the molecule is CC(CNC(=O)N1CCCC1C(C)C)C(=O)O. The maximum absolute atomic E-state index is 11.9. The number of urea groups is 1. The molecular weight excluding hydrogens is 220 g/mol. The Kier molecular flexibility index (Phi) is 4.78. The molecule has 0 aromatic rings. The van der Waals surface area contributed by atoms with Crippen LogP contribution in [0, 0.1) is 11.8 Å². The van der Waals surface area contributed by atoms with Crippen LogP contribution in [0.2, 0.25) is 0 Å². The summed E-state index contributed by atoms with van der Waals surface area (Å²) in [5.41, 5.74) is 0. The van der Waals surface area contributed by atoms with Gasteiger partial charge in [0.15, 0.2) is 0 Å². The average Bonchev–Trinajstić information content (AvgIpc) is 2.73. The highest BCUT2D eigenvalue weighted by molar-refractivity contribution is 5.76. The molecular formula is C12H22N2O3. The Hall–Kier alpha value is -1.26. The number of carbonyl (C=O) groups excluding carboxylic acids is 1. The van der Waals surface area contributed by atoms with Crippen LogP contribution in [-0.2, 0) is 4.79 Å². The fourth-order valence-corrected chi connectivity index (χ4v) is 2.17. The van der Waals surface area contributed by atoms with Gasteiger partial charge in [-0.15, -0.1) is 0 Å². The van der Waals surface area contributed by atoms with Crippen LogP contribution >= 0.6 is 0 Å². The van der Waals surface area contributed by atoms with Crippen LogP contribution in [0.5, 0.6) is 0 Å². The number of nitrogens with one attached hydrogen (secondary N) is 1. The molecule has 0 aromatic heterocycles. The van der Waals surface area contributed by atoms with Crippen LogP contribution in [0.4, 0.5) is 4.79 Å². The number of nitrogens with zero attached hydrogens (tertiary/aromatic N) is 1. The molecule has 0 aliphatic carbocycles. The predicted molar refractivity (Wildman–Crippen MR) is 64.8 cm³/mol. The first-order valence-corrected chi connectivity index (χ1v) is 6.20. The van der Waals surface area contributed by atoms with Crippen LogP contribution in [0.1, 0.15) is 33.6 Å². The second-order valence-corrected chi connectivity index (χ2v) is 5.07. The number of carboxylic acid groups (broad SMARTS) is 1. The zero-order valence-corrected chi connectivity index (χ0v) is 10.8. The van der Waals surface area contributed by atoms with E-state index in [0.29, 0.717) is 5.92 Å². The van der Waals surface area contributed by atoms with E-state index in [4.69, 9.17) is 5.11 Å². The number of carbonyl (C=O) groups is 2. The lowest BCUT2D eigenvalue weighted by Gasteiger charge is -2.28. The lowest BCUT2D eigenvalue weighted by Crippen LogP contribution is -2.46. The molecule has 1 rings (SSSR count). The summed E-state index contributed by atoms with van der Waals surface area (Å²) in [6, 6.07) is 0.157. The molecule has 1 aliphatic rings. The van der Waals surface area contributed by atoms with Crippen LogP contribution in [-0.4, -0.2) is 41.1 Å². The third kappa shape index (κ3) is 3.61. The second kappa shape index (κ2) is 5.89. The average molecular weight is 242 g/mol. The molecule has 0 saturated carbocycles. The van der Waals surface area contributed by atoms with Gasteiger partial charge in [0.25, 0.3) is 0 Å². The van der Waals surface area contributed by atoms with E-state index in [1.165, 1.54) is 0 Å². The molecule has 17 heavy (non-hydrogen) atoms. The van der Waals surface area contributed by atoms with Crippen LogP contribution in [0.3, 0.4) is 0 Å². The zero-order valence-electron chi connectivity index (χ0n) is 10.8. The van der Waals surface area contributed by atoms with Crippen LogP contribution in [0.25, 0.3) is 0 Å². The zero-order chi connectivity index (χ0) is 13.0. The number of hydrogen-bond acceptors (Lipinski definition) is 2. The number of rotatable bonds is 4. The lowest BCUT2D eigenvalue weighted by molar-refractivity contribution is -0.140. The highest BCUT2D eigenvalue weighted by atomic mass is 16.4. The molecule has 2 N–H and O–H groups in total. The molecule has 2 atom stereocenters. The Bertz CT molecular complexity index is 291. The topological polar surface area (TPSA) is 69.6 Å². The first kappa shape index (κ1) is 13.8. The Morgan fingerprint density at radius 2 is 2.06 bits per heavy atom. The number of likely N-dealkylation sites (tertiary alicyclic amines) is 1. The summed E-state index contributed by atoms with van der Waals surface area (Å²) < 4.78 is 0. The molecule has 0 radical (unpaired) electrons. The minimum absolute atomic E-state index is 0.130. The van der Waals surface area contributed by atoms with Crippen molar-refractivity contribution >= 4 is 12.0 Å². The summed E-state index contributed by atoms with van der Waals surface area (Å²) >= 11 is 0. The predicted octanol–water partition coefficient (Wildman–Crippen LogP) is 1.54. The van der Waals surface area contributed by atoms with Gasteiger partial charge in [0.05, 0.1) is 5.92 Å². The molecule has 1 fully saturated rings. The van der Waals surface area contributed by atoms with Gasteiger partial charge in [-0.1, -0.05) is 20.8 Å². The smallest absolute Gasteiger partial charge is 0.317 e. The maximum atomic E-state index is 11.9. The van der Waals surface area contributed by atoms with Gasteiger partial charge in [-0.25, -0.2) is 4.79 Å². The Balaban J connectivity index is 2.44. The summed E-state index contributed by atoms with van der Waals surface area (Å²) in [5, 5.41) is 11.4. The van der Waals surface area contributed by atoms with Crippen molar-refractivity contribution in [3.8, 4) is 0 Å². The van der Waals surface area contributed by atoms with Gasteiger partial charge in [0.2, 0.25) is 0 Å². The normalized spacial score (nSPS) is 21.6. The van der Waals surface area contributed by atoms with Crippen molar-refractivity contribution in [3.63, 3.8) is 0 Å². The highest BCUT2D eigenvalue weighted by Gasteiger charge is 2.30. The molecule has 2 unspecified atom stereocenters. The summed E-state index contributed by atoms with van der Waals surface area (Å²) in [4.78, 5) is 24.4. The Labute approximate surface area is 102 Å². The van der Waals surface area contributed by atoms with E-state index < -0.39 is 11.9 Å². The molecule has 0 bridgehead atoms. The van der Waals surface area contributed by atoms with Gasteiger partial charge in [0, 0.05) is 19.1 Å². The summed E-state index contributed by atoms with van der Waals surface area (Å²) in [6.07, 6.45) is 2.07. The van der Waals surface area contributed by atoms with Crippen LogP contribution in [0.15, 0.2) is 0 Å². The Morgan fingerprint density at radius 3 is 2.59 bits per heavy atom. The number of carboxylic acids is 1. The molecule has 1 heterocycles. The number of hydrogen-bond donors (Lipinski definition) is 2. The van der Waals surface area contributed by atoms with E-state index in [2.05, 4.69) is 19.2 Å². The van der Waals surface area contributed by atoms with E-state index in [9.17, 15) is 9.59 Å². The number of aliphatic carboxylic acids is 1. The van der Waals surface area contributed by atoms with Gasteiger partial charge in [0.1, 0.15) is 0 Å². The van der Waals surface area contributed by atoms with E-state index >= 15 is 0 Å². The van der Waals surface area contributed by atoms with Crippen molar-refractivity contribution in [2.75, 3.05) is 13.1 Å². The van der Waals surface area contributed by atoms with Gasteiger partial charge >= 0.3 is 12.0 Å². The van der Waals surface area contributed by atoms with Gasteiger partial charge in [-0.2, -0.15) is 0 Å². The molecule has 5 nitrogen and oxygen atoms in total. The minimum Gasteiger partial charge on any atom is -0.481 e. The maximum Gasteiger partial charge on any atom is 0.317 e. The molecule has 5 heteroatoms. The van der Waals surface area contributed by atoms with E-state index in [0.717, 1.165) is 19.4 Å². The van der Waals surface area contributed by atoms with Crippen molar-refractivity contribution in [2.24, 2.45) is 11.8 Å². The third-order valence-corrected chi connectivity index (χ3v) is 3.31. The van der Waals surface area contributed by atoms with Crippen molar-refractivity contribution in [3.05, 3.63) is 0 Å². The summed E-state index contributed by atoms with van der Waals surface area (Å²) in [7, 11) is 0. The molecule has 1 aliphatic heterocycles.